The fourth-order valence-corrected chi connectivity index (χ4v) is 2.76. The molecule has 0 radical (unpaired) electrons. The Balaban J connectivity index is 3.40. The van der Waals surface area contributed by atoms with Gasteiger partial charge in [-0.25, -0.2) is 0 Å². The van der Waals surface area contributed by atoms with Crippen LogP contribution in [0.5, 0.6) is 0 Å². The molecule has 1 aromatic rings. The van der Waals surface area contributed by atoms with Crippen LogP contribution >= 0.6 is 0 Å². The molecule has 0 fully saturated rings. The molecule has 0 aromatic heterocycles. The molecule has 122 valence electrons. The van der Waals surface area contributed by atoms with Gasteiger partial charge in [-0.05, 0) is 43.4 Å². The van der Waals surface area contributed by atoms with E-state index in [1.807, 2.05) is 37.3 Å². The van der Waals surface area contributed by atoms with Crippen LogP contribution in [-0.2, 0) is 0 Å². The molecule has 1 aromatic carbocycles. The maximum atomic E-state index is 10.3. The third-order valence-electron chi connectivity index (χ3n) is 3.99. The van der Waals surface area contributed by atoms with E-state index in [0.717, 1.165) is 22.3 Å². The van der Waals surface area contributed by atoms with Crippen molar-refractivity contribution in [3.05, 3.63) is 90.3 Å². The second-order valence-electron chi connectivity index (χ2n) is 6.24. The normalized spacial score (nSPS) is 13.8. The molecule has 0 amide bonds. The van der Waals surface area contributed by atoms with Gasteiger partial charge in [0.15, 0.2) is 0 Å². The number of hydrogen-bond acceptors (Lipinski definition) is 1. The maximum Gasteiger partial charge on any atom is 0.0932 e. The second kappa shape index (κ2) is 8.38. The second-order valence-corrected chi connectivity index (χ2v) is 6.24. The van der Waals surface area contributed by atoms with Gasteiger partial charge in [0.25, 0.3) is 0 Å². The molecule has 0 aliphatic heterocycles. The molecule has 1 nitrogen and oxygen atoms in total. The van der Waals surface area contributed by atoms with Crippen LogP contribution in [0.4, 0.5) is 0 Å². The molecule has 0 heterocycles. The molecule has 2 atom stereocenters. The smallest absolute Gasteiger partial charge is 0.0932 e. The third kappa shape index (κ3) is 4.85. The maximum absolute atomic E-state index is 10.3. The first-order valence-corrected chi connectivity index (χ1v) is 7.89. The molecule has 0 saturated carbocycles. The number of benzene rings is 1. The lowest BCUT2D eigenvalue weighted by Crippen LogP contribution is -2.15. The largest absolute Gasteiger partial charge is 0.512 e. The van der Waals surface area contributed by atoms with Gasteiger partial charge in [-0.1, -0.05) is 80.3 Å². The quantitative estimate of drug-likeness (QED) is 0.445. The number of rotatable bonds is 7. The zero-order chi connectivity index (χ0) is 17.6. The molecule has 0 spiro atoms. The minimum atomic E-state index is -0.197. The molecule has 0 saturated heterocycles. The van der Waals surface area contributed by atoms with Crippen molar-refractivity contribution in [2.24, 2.45) is 5.92 Å². The average molecular weight is 308 g/mol. The first-order chi connectivity index (χ1) is 10.8. The van der Waals surface area contributed by atoms with Gasteiger partial charge in [0, 0.05) is 5.92 Å². The zero-order valence-electron chi connectivity index (χ0n) is 14.8. The molecule has 0 bridgehead atoms. The van der Waals surface area contributed by atoms with Crippen molar-refractivity contribution in [2.75, 3.05) is 0 Å². The van der Waals surface area contributed by atoms with Crippen molar-refractivity contribution >= 4 is 5.57 Å². The monoisotopic (exact) mass is 308 g/mol. The van der Waals surface area contributed by atoms with Crippen LogP contribution in [0.15, 0.2) is 79.1 Å². The van der Waals surface area contributed by atoms with E-state index in [4.69, 9.17) is 0 Å². The first-order valence-electron chi connectivity index (χ1n) is 7.89. The Morgan fingerprint density at radius 3 is 2.17 bits per heavy atom. The SMILES string of the molecule is C=C/C(=C\C=C(C)C)C(C)C(C(=C)O)c1ccccc1C(=C)C. The van der Waals surface area contributed by atoms with Crippen LogP contribution in [-0.4, -0.2) is 5.11 Å². The van der Waals surface area contributed by atoms with Gasteiger partial charge in [-0.15, -0.1) is 0 Å². The van der Waals surface area contributed by atoms with E-state index in [9.17, 15) is 5.11 Å². The zero-order valence-corrected chi connectivity index (χ0v) is 14.8. The van der Waals surface area contributed by atoms with Crippen molar-refractivity contribution in [2.45, 2.75) is 33.6 Å². The Bertz CT molecular complexity index is 654. The van der Waals surface area contributed by atoms with Crippen LogP contribution in [0.25, 0.3) is 5.57 Å². The van der Waals surface area contributed by atoms with E-state index in [2.05, 4.69) is 52.7 Å². The number of hydrogen-bond donors (Lipinski definition) is 1. The summed E-state index contributed by atoms with van der Waals surface area (Å²) in [7, 11) is 0. The summed E-state index contributed by atoms with van der Waals surface area (Å²) in [6, 6.07) is 8.04. The Morgan fingerprint density at radius 2 is 1.70 bits per heavy atom. The Hall–Kier alpha value is -2.28. The summed E-state index contributed by atoms with van der Waals surface area (Å²) in [6.45, 7) is 20.0. The standard InChI is InChI=1S/C22H28O/c1-8-19(14-13-15(2)3)17(6)22(18(7)23)21-12-10-9-11-20(21)16(4)5/h8-14,17,22-23H,1,4,7H2,2-3,5-6H3/b19-14+. The van der Waals surface area contributed by atoms with Gasteiger partial charge in [0.1, 0.15) is 0 Å². The predicted octanol–water partition coefficient (Wildman–Crippen LogP) is 6.59. The summed E-state index contributed by atoms with van der Waals surface area (Å²) in [5, 5.41) is 10.3. The van der Waals surface area contributed by atoms with Gasteiger partial charge < -0.3 is 5.11 Å². The summed E-state index contributed by atoms with van der Waals surface area (Å²) in [6.07, 6.45) is 5.98. The van der Waals surface area contributed by atoms with Gasteiger partial charge in [-0.2, -0.15) is 0 Å². The minimum Gasteiger partial charge on any atom is -0.512 e. The van der Waals surface area contributed by atoms with Crippen molar-refractivity contribution < 1.29 is 5.11 Å². The van der Waals surface area contributed by atoms with Crippen LogP contribution in [0.3, 0.4) is 0 Å². The highest BCUT2D eigenvalue weighted by Gasteiger charge is 2.26. The van der Waals surface area contributed by atoms with E-state index < -0.39 is 0 Å². The fourth-order valence-electron chi connectivity index (χ4n) is 2.76. The van der Waals surface area contributed by atoms with Crippen molar-refractivity contribution in [1.29, 1.82) is 0 Å². The summed E-state index contributed by atoms with van der Waals surface area (Å²) in [4.78, 5) is 0. The molecule has 2 unspecified atom stereocenters. The molecular formula is C22H28O. The van der Waals surface area contributed by atoms with Crippen LogP contribution < -0.4 is 0 Å². The van der Waals surface area contributed by atoms with Crippen molar-refractivity contribution in [3.8, 4) is 0 Å². The van der Waals surface area contributed by atoms with Crippen molar-refractivity contribution in [1.82, 2.24) is 0 Å². The Labute approximate surface area is 141 Å². The Kier molecular flexibility index (Phi) is 6.84. The van der Waals surface area contributed by atoms with Gasteiger partial charge in [-0.3, -0.25) is 0 Å². The van der Waals surface area contributed by atoms with E-state index in [0.29, 0.717) is 0 Å². The lowest BCUT2D eigenvalue weighted by atomic mass is 9.78. The van der Waals surface area contributed by atoms with Crippen LogP contribution in [0.2, 0.25) is 0 Å². The van der Waals surface area contributed by atoms with E-state index in [-0.39, 0.29) is 17.6 Å². The third-order valence-corrected chi connectivity index (χ3v) is 3.99. The minimum absolute atomic E-state index is 0.0566. The average Bonchev–Trinajstić information content (AvgIpc) is 2.47. The summed E-state index contributed by atoms with van der Waals surface area (Å²) >= 11 is 0. The molecule has 1 N–H and O–H groups in total. The van der Waals surface area contributed by atoms with Gasteiger partial charge in [0.05, 0.1) is 5.76 Å². The summed E-state index contributed by atoms with van der Waals surface area (Å²) in [5.74, 6) is 0.0231. The Morgan fingerprint density at radius 1 is 1.09 bits per heavy atom. The molecule has 0 aliphatic rings. The van der Waals surface area contributed by atoms with E-state index in [1.54, 1.807) is 0 Å². The molecular weight excluding hydrogens is 280 g/mol. The number of aliphatic hydroxyl groups is 1. The lowest BCUT2D eigenvalue weighted by Gasteiger charge is -2.27. The highest BCUT2D eigenvalue weighted by Crippen LogP contribution is 2.38. The van der Waals surface area contributed by atoms with E-state index in [1.165, 1.54) is 5.57 Å². The van der Waals surface area contributed by atoms with Crippen LogP contribution in [0.1, 0.15) is 44.7 Å². The molecule has 1 rings (SSSR count). The van der Waals surface area contributed by atoms with Crippen molar-refractivity contribution in [3.63, 3.8) is 0 Å². The highest BCUT2D eigenvalue weighted by molar-refractivity contribution is 5.66. The van der Waals surface area contributed by atoms with Gasteiger partial charge in [0.2, 0.25) is 0 Å². The fraction of sp³-hybridized carbons (Fsp3) is 0.273. The molecule has 1 heteroatoms. The highest BCUT2D eigenvalue weighted by atomic mass is 16.3. The van der Waals surface area contributed by atoms with E-state index >= 15 is 0 Å². The molecule has 23 heavy (non-hydrogen) atoms. The lowest BCUT2D eigenvalue weighted by molar-refractivity contribution is 0.343. The molecule has 0 aliphatic carbocycles. The number of allylic oxidation sites excluding steroid dienone is 7. The van der Waals surface area contributed by atoms with Crippen LogP contribution in [0, 0.1) is 5.92 Å². The predicted molar refractivity (Wildman–Crippen MR) is 103 cm³/mol. The summed E-state index contributed by atoms with van der Waals surface area (Å²) < 4.78 is 0. The first kappa shape index (κ1) is 18.8. The topological polar surface area (TPSA) is 20.2 Å². The summed E-state index contributed by atoms with van der Waals surface area (Å²) in [5.41, 5.74) is 5.38. The van der Waals surface area contributed by atoms with Gasteiger partial charge >= 0.3 is 0 Å². The number of aliphatic hydroxyl groups excluding tert-OH is 1.